The summed E-state index contributed by atoms with van der Waals surface area (Å²) in [7, 11) is 0. The molecule has 0 saturated heterocycles. The molecule has 0 unspecified atom stereocenters. The minimum Gasteiger partial charge on any atom is -0.490 e. The Balaban J connectivity index is 2.69. The zero-order chi connectivity index (χ0) is 14.7. The summed E-state index contributed by atoms with van der Waals surface area (Å²) in [6, 6.07) is 5.19. The Labute approximate surface area is 117 Å². The van der Waals surface area contributed by atoms with Gasteiger partial charge in [0.15, 0.2) is 11.6 Å². The van der Waals surface area contributed by atoms with E-state index in [1.54, 1.807) is 0 Å². The van der Waals surface area contributed by atoms with Crippen LogP contribution in [0.1, 0.15) is 53.5 Å². The Morgan fingerprint density at radius 1 is 1.00 bits per heavy atom. The van der Waals surface area contributed by atoms with Crippen LogP contribution >= 0.6 is 0 Å². The molecule has 0 aliphatic heterocycles. The molecular weight excluding hydrogens is 239 g/mol. The van der Waals surface area contributed by atoms with Crippen molar-refractivity contribution in [3.63, 3.8) is 0 Å². The topological polar surface area (TPSA) is 9.23 Å². The summed E-state index contributed by atoms with van der Waals surface area (Å²) in [6.45, 7) is 13.6. The zero-order valence-corrected chi connectivity index (χ0v) is 13.1. The van der Waals surface area contributed by atoms with E-state index in [4.69, 9.17) is 4.74 Å². The van der Waals surface area contributed by atoms with Gasteiger partial charge in [-0.25, -0.2) is 4.39 Å². The van der Waals surface area contributed by atoms with Crippen LogP contribution in [0.15, 0.2) is 18.2 Å². The average molecular weight is 266 g/mol. The molecular formula is C17H27FO. The Bertz CT molecular complexity index is 410. The summed E-state index contributed by atoms with van der Waals surface area (Å²) in [6.07, 6.45) is 1.83. The van der Waals surface area contributed by atoms with Crippen LogP contribution in [-0.2, 0) is 6.42 Å². The van der Waals surface area contributed by atoms with Crippen LogP contribution in [0.5, 0.6) is 5.75 Å². The first kappa shape index (κ1) is 16.0. The molecule has 2 heteroatoms. The Morgan fingerprint density at radius 3 is 2.16 bits per heavy atom. The molecule has 0 fully saturated rings. The summed E-state index contributed by atoms with van der Waals surface area (Å²) in [5.41, 5.74) is 1.53. The first-order valence-corrected chi connectivity index (χ1v) is 6.98. The molecule has 0 N–H and O–H groups in total. The van der Waals surface area contributed by atoms with Gasteiger partial charge in [0.05, 0.1) is 6.61 Å². The number of hydrogen-bond acceptors (Lipinski definition) is 1. The van der Waals surface area contributed by atoms with E-state index in [9.17, 15) is 4.39 Å². The fourth-order valence-corrected chi connectivity index (χ4v) is 1.85. The Morgan fingerprint density at radius 2 is 1.63 bits per heavy atom. The maximum absolute atomic E-state index is 13.7. The van der Waals surface area contributed by atoms with Gasteiger partial charge in [-0.1, -0.05) is 47.6 Å². The maximum atomic E-state index is 13.7. The average Bonchev–Trinajstić information content (AvgIpc) is 2.18. The fourth-order valence-electron chi connectivity index (χ4n) is 1.85. The van der Waals surface area contributed by atoms with Crippen molar-refractivity contribution in [1.82, 2.24) is 0 Å². The first-order valence-electron chi connectivity index (χ1n) is 6.98. The van der Waals surface area contributed by atoms with Crippen LogP contribution in [0.2, 0.25) is 0 Å². The van der Waals surface area contributed by atoms with Crippen LogP contribution in [0.25, 0.3) is 0 Å². The molecule has 0 radical (unpaired) electrons. The minimum atomic E-state index is -0.272. The highest BCUT2D eigenvalue weighted by Crippen LogP contribution is 2.26. The van der Waals surface area contributed by atoms with E-state index in [-0.39, 0.29) is 16.6 Å². The van der Waals surface area contributed by atoms with Crippen LogP contribution in [0, 0.1) is 16.6 Å². The predicted molar refractivity (Wildman–Crippen MR) is 79.1 cm³/mol. The van der Waals surface area contributed by atoms with Crippen molar-refractivity contribution in [3.05, 3.63) is 29.6 Å². The molecule has 0 aliphatic carbocycles. The van der Waals surface area contributed by atoms with E-state index in [1.165, 1.54) is 6.07 Å². The molecule has 1 aromatic carbocycles. The van der Waals surface area contributed by atoms with Gasteiger partial charge in [0.1, 0.15) is 0 Å². The van der Waals surface area contributed by atoms with E-state index in [1.807, 2.05) is 12.1 Å². The lowest BCUT2D eigenvalue weighted by molar-refractivity contribution is 0.235. The van der Waals surface area contributed by atoms with Crippen LogP contribution in [0.4, 0.5) is 4.39 Å². The molecule has 0 bridgehead atoms. The SMILES string of the molecule is CC(C)(C)CCOc1cc(CC(C)(C)C)ccc1F. The standard InChI is InChI=1S/C17H27FO/c1-16(2,3)9-10-19-15-11-13(7-8-14(15)18)12-17(4,5)6/h7-8,11H,9-10,12H2,1-6H3. The minimum absolute atomic E-state index is 0.195. The monoisotopic (exact) mass is 266 g/mol. The quantitative estimate of drug-likeness (QED) is 0.725. The second kappa shape index (κ2) is 5.94. The maximum Gasteiger partial charge on any atom is 0.165 e. The summed E-state index contributed by atoms with van der Waals surface area (Å²) < 4.78 is 19.3. The highest BCUT2D eigenvalue weighted by Gasteiger charge is 2.14. The van der Waals surface area contributed by atoms with Gasteiger partial charge in [-0.05, 0) is 41.4 Å². The summed E-state index contributed by atoms with van der Waals surface area (Å²) in [4.78, 5) is 0. The van der Waals surface area contributed by atoms with Crippen LogP contribution in [-0.4, -0.2) is 6.61 Å². The summed E-state index contributed by atoms with van der Waals surface area (Å²) in [5.74, 6) is 0.109. The lowest BCUT2D eigenvalue weighted by Gasteiger charge is -2.20. The first-order chi connectivity index (χ1) is 8.57. The lowest BCUT2D eigenvalue weighted by Crippen LogP contribution is -2.12. The summed E-state index contributed by atoms with van der Waals surface area (Å²) >= 11 is 0. The van der Waals surface area contributed by atoms with E-state index in [2.05, 4.69) is 41.5 Å². The van der Waals surface area contributed by atoms with Gasteiger partial charge >= 0.3 is 0 Å². The largest absolute Gasteiger partial charge is 0.490 e. The second-order valence-electron chi connectivity index (χ2n) is 7.66. The molecule has 0 heterocycles. The van der Waals surface area contributed by atoms with Gasteiger partial charge in [-0.3, -0.25) is 0 Å². The van der Waals surface area contributed by atoms with Gasteiger partial charge in [0.25, 0.3) is 0 Å². The van der Waals surface area contributed by atoms with Crippen molar-refractivity contribution >= 4 is 0 Å². The molecule has 0 atom stereocenters. The molecule has 0 saturated carbocycles. The van der Waals surface area contributed by atoms with Crippen molar-refractivity contribution in [2.45, 2.75) is 54.4 Å². The number of ether oxygens (including phenoxy) is 1. The van der Waals surface area contributed by atoms with Crippen molar-refractivity contribution < 1.29 is 9.13 Å². The third kappa shape index (κ3) is 6.60. The Hall–Kier alpha value is -1.05. The van der Waals surface area contributed by atoms with Crippen LogP contribution < -0.4 is 4.74 Å². The van der Waals surface area contributed by atoms with Crippen molar-refractivity contribution in [1.29, 1.82) is 0 Å². The number of halogens is 1. The van der Waals surface area contributed by atoms with Crippen molar-refractivity contribution in [2.75, 3.05) is 6.61 Å². The van der Waals surface area contributed by atoms with Gasteiger partial charge in [-0.15, -0.1) is 0 Å². The lowest BCUT2D eigenvalue weighted by atomic mass is 9.88. The van der Waals surface area contributed by atoms with E-state index in [0.29, 0.717) is 12.4 Å². The van der Waals surface area contributed by atoms with Gasteiger partial charge in [0.2, 0.25) is 0 Å². The van der Waals surface area contributed by atoms with Gasteiger partial charge < -0.3 is 4.74 Å². The molecule has 1 aromatic rings. The highest BCUT2D eigenvalue weighted by molar-refractivity contribution is 5.30. The van der Waals surface area contributed by atoms with Crippen LogP contribution in [0.3, 0.4) is 0 Å². The number of rotatable bonds is 4. The Kier molecular flexibility index (Phi) is 5.00. The highest BCUT2D eigenvalue weighted by atomic mass is 19.1. The fraction of sp³-hybridized carbons (Fsp3) is 0.647. The summed E-state index contributed by atoms with van der Waals surface area (Å²) in [5, 5.41) is 0. The molecule has 1 rings (SSSR count). The molecule has 0 amide bonds. The molecule has 108 valence electrons. The molecule has 0 aliphatic rings. The second-order valence-corrected chi connectivity index (χ2v) is 7.66. The molecule has 0 spiro atoms. The zero-order valence-electron chi connectivity index (χ0n) is 13.1. The molecule has 1 nitrogen and oxygen atoms in total. The van der Waals surface area contributed by atoms with Gasteiger partial charge in [0, 0.05) is 0 Å². The van der Waals surface area contributed by atoms with E-state index >= 15 is 0 Å². The van der Waals surface area contributed by atoms with Crippen molar-refractivity contribution in [3.8, 4) is 5.75 Å². The number of hydrogen-bond donors (Lipinski definition) is 0. The third-order valence-electron chi connectivity index (χ3n) is 2.84. The predicted octanol–water partition coefficient (Wildman–Crippen LogP) is 5.23. The van der Waals surface area contributed by atoms with Gasteiger partial charge in [-0.2, -0.15) is 0 Å². The number of benzene rings is 1. The van der Waals surface area contributed by atoms with E-state index < -0.39 is 0 Å². The third-order valence-corrected chi connectivity index (χ3v) is 2.84. The molecule has 0 aromatic heterocycles. The van der Waals surface area contributed by atoms with E-state index in [0.717, 1.165) is 18.4 Å². The molecule has 19 heavy (non-hydrogen) atoms. The van der Waals surface area contributed by atoms with Crippen molar-refractivity contribution in [2.24, 2.45) is 10.8 Å². The smallest absolute Gasteiger partial charge is 0.165 e. The normalized spacial score (nSPS) is 12.6.